The van der Waals surface area contributed by atoms with Crippen molar-refractivity contribution in [3.05, 3.63) is 11.6 Å². The maximum atomic E-state index is 9.59. The van der Waals surface area contributed by atoms with Crippen LogP contribution >= 0.6 is 0 Å². The highest BCUT2D eigenvalue weighted by Crippen LogP contribution is 2.19. The average Bonchev–Trinajstić information content (AvgIpc) is 2.60. The number of aliphatic hydroxyl groups excluding tert-OH is 1. The molecule has 2 heterocycles. The molecule has 1 aromatic rings. The van der Waals surface area contributed by atoms with Crippen LogP contribution in [0.15, 0.2) is 0 Å². The molecule has 0 bridgehead atoms. The van der Waals surface area contributed by atoms with Crippen molar-refractivity contribution in [2.75, 3.05) is 13.1 Å². The molecule has 13 heavy (non-hydrogen) atoms. The van der Waals surface area contributed by atoms with Crippen molar-refractivity contribution in [2.24, 2.45) is 7.05 Å². The molecule has 5 nitrogen and oxygen atoms in total. The van der Waals surface area contributed by atoms with Gasteiger partial charge >= 0.3 is 0 Å². The Kier molecular flexibility index (Phi) is 2.05. The van der Waals surface area contributed by atoms with Crippen LogP contribution in [0.25, 0.3) is 0 Å². The van der Waals surface area contributed by atoms with E-state index in [2.05, 4.69) is 15.4 Å². The zero-order valence-corrected chi connectivity index (χ0v) is 7.86. The Morgan fingerprint density at radius 3 is 2.77 bits per heavy atom. The maximum absolute atomic E-state index is 9.59. The Morgan fingerprint density at radius 2 is 2.31 bits per heavy atom. The molecule has 0 aliphatic carbocycles. The molecule has 0 radical (unpaired) electrons. The summed E-state index contributed by atoms with van der Waals surface area (Å²) in [6.45, 7) is 3.32. The van der Waals surface area contributed by atoms with E-state index in [0.29, 0.717) is 6.54 Å². The Balaban J connectivity index is 2.24. The second kappa shape index (κ2) is 3.08. The molecule has 2 atom stereocenters. The van der Waals surface area contributed by atoms with Gasteiger partial charge in [-0.1, -0.05) is 0 Å². The predicted octanol–water partition coefficient (Wildman–Crippen LogP) is -0.829. The minimum atomic E-state index is -0.346. The van der Waals surface area contributed by atoms with E-state index in [-0.39, 0.29) is 12.0 Å². The van der Waals surface area contributed by atoms with Crippen molar-refractivity contribution >= 4 is 0 Å². The van der Waals surface area contributed by atoms with E-state index in [9.17, 15) is 5.11 Å². The number of β-amino-alcohol motifs (C(OH)–C–C–N with tert-alkyl or cyclic N) is 1. The smallest absolute Gasteiger partial charge is 0.157 e. The third-order valence-electron chi connectivity index (χ3n) is 2.51. The van der Waals surface area contributed by atoms with Crippen molar-refractivity contribution in [3.63, 3.8) is 0 Å². The average molecular weight is 182 g/mol. The third-order valence-corrected chi connectivity index (χ3v) is 2.51. The summed E-state index contributed by atoms with van der Waals surface area (Å²) in [5.41, 5.74) is 0. The van der Waals surface area contributed by atoms with Gasteiger partial charge in [0.15, 0.2) is 5.82 Å². The monoisotopic (exact) mass is 182 g/mol. The van der Waals surface area contributed by atoms with Gasteiger partial charge in [-0.2, -0.15) is 5.10 Å². The number of aromatic nitrogens is 3. The number of aliphatic hydroxyl groups is 1. The number of hydrogen-bond acceptors (Lipinski definition) is 4. The van der Waals surface area contributed by atoms with Gasteiger partial charge in [-0.05, 0) is 6.92 Å². The second-order valence-electron chi connectivity index (χ2n) is 3.47. The largest absolute Gasteiger partial charge is 0.391 e. The van der Waals surface area contributed by atoms with E-state index in [0.717, 1.165) is 18.2 Å². The van der Waals surface area contributed by atoms with Crippen LogP contribution in [0.1, 0.15) is 17.6 Å². The minimum absolute atomic E-state index is 0.0555. The fraction of sp³-hybridized carbons (Fsp3) is 0.750. The lowest BCUT2D eigenvalue weighted by Crippen LogP contribution is -2.17. The minimum Gasteiger partial charge on any atom is -0.391 e. The molecule has 2 N–H and O–H groups in total. The summed E-state index contributed by atoms with van der Waals surface area (Å²) in [5.74, 6) is 1.69. The number of nitrogens with one attached hydrogen (secondary N) is 1. The van der Waals surface area contributed by atoms with Gasteiger partial charge in [-0.3, -0.25) is 4.68 Å². The highest BCUT2D eigenvalue weighted by Gasteiger charge is 2.29. The van der Waals surface area contributed by atoms with Crippen molar-refractivity contribution in [2.45, 2.75) is 18.9 Å². The van der Waals surface area contributed by atoms with Crippen LogP contribution in [0.5, 0.6) is 0 Å². The Bertz CT molecular complexity index is 290. The highest BCUT2D eigenvalue weighted by molar-refractivity contribution is 5.05. The summed E-state index contributed by atoms with van der Waals surface area (Å²) in [5, 5.41) is 16.9. The quantitative estimate of drug-likeness (QED) is 0.595. The standard InChI is InChI=1S/C8H14N4O/c1-5-10-8(11-12(5)2)6-3-9-4-7(6)13/h6-7,9,13H,3-4H2,1-2H3. The van der Waals surface area contributed by atoms with E-state index in [1.807, 2.05) is 14.0 Å². The molecule has 0 saturated carbocycles. The fourth-order valence-electron chi connectivity index (χ4n) is 1.57. The van der Waals surface area contributed by atoms with Gasteiger partial charge in [-0.25, -0.2) is 4.98 Å². The summed E-state index contributed by atoms with van der Waals surface area (Å²) in [4.78, 5) is 4.29. The zero-order chi connectivity index (χ0) is 9.42. The molecule has 0 spiro atoms. The Labute approximate surface area is 76.8 Å². The van der Waals surface area contributed by atoms with Gasteiger partial charge in [0.1, 0.15) is 5.82 Å². The molecule has 2 rings (SSSR count). The van der Waals surface area contributed by atoms with Gasteiger partial charge in [0.05, 0.1) is 12.0 Å². The molecule has 1 fully saturated rings. The van der Waals surface area contributed by atoms with E-state index in [1.54, 1.807) is 4.68 Å². The van der Waals surface area contributed by atoms with E-state index in [1.165, 1.54) is 0 Å². The summed E-state index contributed by atoms with van der Waals surface area (Å²) in [6.07, 6.45) is -0.346. The van der Waals surface area contributed by atoms with Crippen LogP contribution in [0.3, 0.4) is 0 Å². The molecule has 1 aromatic heterocycles. The zero-order valence-electron chi connectivity index (χ0n) is 7.86. The lowest BCUT2D eigenvalue weighted by molar-refractivity contribution is 0.174. The molecular weight excluding hydrogens is 168 g/mol. The maximum Gasteiger partial charge on any atom is 0.157 e. The summed E-state index contributed by atoms with van der Waals surface area (Å²) >= 11 is 0. The lowest BCUT2D eigenvalue weighted by Gasteiger charge is -2.07. The Morgan fingerprint density at radius 1 is 1.54 bits per heavy atom. The molecule has 1 aliphatic heterocycles. The van der Waals surface area contributed by atoms with Crippen molar-refractivity contribution in [3.8, 4) is 0 Å². The van der Waals surface area contributed by atoms with Gasteiger partial charge in [0, 0.05) is 20.1 Å². The summed E-state index contributed by atoms with van der Waals surface area (Å²) in [6, 6.07) is 0. The van der Waals surface area contributed by atoms with Gasteiger partial charge in [-0.15, -0.1) is 0 Å². The first kappa shape index (κ1) is 8.65. The number of nitrogens with zero attached hydrogens (tertiary/aromatic N) is 3. The predicted molar refractivity (Wildman–Crippen MR) is 47.4 cm³/mol. The first-order valence-corrected chi connectivity index (χ1v) is 4.45. The van der Waals surface area contributed by atoms with Crippen LogP contribution < -0.4 is 5.32 Å². The van der Waals surface area contributed by atoms with Gasteiger partial charge < -0.3 is 10.4 Å². The van der Waals surface area contributed by atoms with Crippen LogP contribution in [0.2, 0.25) is 0 Å². The Hall–Kier alpha value is -0.940. The topological polar surface area (TPSA) is 63.0 Å². The lowest BCUT2D eigenvalue weighted by atomic mass is 10.1. The van der Waals surface area contributed by atoms with Crippen LogP contribution in [-0.2, 0) is 7.05 Å². The SMILES string of the molecule is Cc1nc(C2CNCC2O)nn1C. The van der Waals surface area contributed by atoms with E-state index < -0.39 is 0 Å². The van der Waals surface area contributed by atoms with Crippen molar-refractivity contribution in [1.29, 1.82) is 0 Å². The first-order valence-electron chi connectivity index (χ1n) is 4.45. The molecule has 0 aromatic carbocycles. The second-order valence-corrected chi connectivity index (χ2v) is 3.47. The number of hydrogen-bond donors (Lipinski definition) is 2. The van der Waals surface area contributed by atoms with Gasteiger partial charge in [0.2, 0.25) is 0 Å². The van der Waals surface area contributed by atoms with Crippen molar-refractivity contribution in [1.82, 2.24) is 20.1 Å². The number of rotatable bonds is 1. The summed E-state index contributed by atoms with van der Waals surface area (Å²) in [7, 11) is 1.86. The van der Waals surface area contributed by atoms with Gasteiger partial charge in [0.25, 0.3) is 0 Å². The molecule has 0 amide bonds. The third kappa shape index (κ3) is 1.45. The molecule has 2 unspecified atom stereocenters. The fourth-order valence-corrected chi connectivity index (χ4v) is 1.57. The first-order chi connectivity index (χ1) is 6.18. The van der Waals surface area contributed by atoms with Crippen LogP contribution in [-0.4, -0.2) is 39.1 Å². The number of aryl methyl sites for hydroxylation is 2. The van der Waals surface area contributed by atoms with Crippen molar-refractivity contribution < 1.29 is 5.11 Å². The molecule has 1 aliphatic rings. The molecule has 5 heteroatoms. The summed E-state index contributed by atoms with van der Waals surface area (Å²) < 4.78 is 1.74. The highest BCUT2D eigenvalue weighted by atomic mass is 16.3. The van der Waals surface area contributed by atoms with E-state index in [4.69, 9.17) is 0 Å². The molecule has 72 valence electrons. The van der Waals surface area contributed by atoms with Crippen LogP contribution in [0, 0.1) is 6.92 Å². The van der Waals surface area contributed by atoms with Crippen LogP contribution in [0.4, 0.5) is 0 Å². The van der Waals surface area contributed by atoms with E-state index >= 15 is 0 Å². The molecular formula is C8H14N4O. The normalized spacial score (nSPS) is 28.2. The molecule has 1 saturated heterocycles.